The highest BCUT2D eigenvalue weighted by molar-refractivity contribution is 5.92. The molecule has 1 aliphatic heterocycles. The second-order valence-corrected chi connectivity index (χ2v) is 4.95. The van der Waals surface area contributed by atoms with Crippen LogP contribution >= 0.6 is 12.4 Å². The summed E-state index contributed by atoms with van der Waals surface area (Å²) in [6, 6.07) is 8.11. The number of halogens is 1. The van der Waals surface area contributed by atoms with E-state index in [-0.39, 0.29) is 18.3 Å². The summed E-state index contributed by atoms with van der Waals surface area (Å²) in [6.45, 7) is 3.59. The Morgan fingerprint density at radius 1 is 1.35 bits per heavy atom. The number of anilines is 1. The molecule has 1 aromatic carbocycles. The first-order valence-corrected chi connectivity index (χ1v) is 6.71. The lowest BCUT2D eigenvalue weighted by molar-refractivity contribution is 0.0943. The van der Waals surface area contributed by atoms with Gasteiger partial charge in [-0.05, 0) is 38.1 Å². The molecule has 0 saturated carbocycles. The molecule has 1 saturated heterocycles. The Morgan fingerprint density at radius 3 is 2.75 bits per heavy atom. The van der Waals surface area contributed by atoms with Crippen molar-refractivity contribution < 1.29 is 4.79 Å². The van der Waals surface area contributed by atoms with Crippen molar-refractivity contribution in [3.05, 3.63) is 24.3 Å². The maximum atomic E-state index is 11.9. The van der Waals surface area contributed by atoms with E-state index in [1.807, 2.05) is 24.3 Å². The molecule has 6 heteroatoms. The molecule has 5 nitrogen and oxygen atoms in total. The third-order valence-electron chi connectivity index (χ3n) is 3.55. The first-order chi connectivity index (χ1) is 9.25. The van der Waals surface area contributed by atoms with Crippen LogP contribution in [0.4, 0.5) is 5.95 Å². The van der Waals surface area contributed by atoms with Crippen LogP contribution in [0, 0.1) is 0 Å². The van der Waals surface area contributed by atoms with E-state index in [4.69, 9.17) is 0 Å². The van der Waals surface area contributed by atoms with E-state index in [9.17, 15) is 4.79 Å². The van der Waals surface area contributed by atoms with Gasteiger partial charge in [0.15, 0.2) is 0 Å². The SMILES string of the molecule is CC(=O)n1c(NC2CCNCC2)nc2ccccc21.Cl. The molecule has 1 fully saturated rings. The number of nitrogens with zero attached hydrogens (tertiary/aromatic N) is 2. The minimum absolute atomic E-state index is 0. The molecular weight excluding hydrogens is 276 g/mol. The number of rotatable bonds is 2. The molecule has 0 aliphatic carbocycles. The van der Waals surface area contributed by atoms with Crippen LogP contribution in [0.5, 0.6) is 0 Å². The highest BCUT2D eigenvalue weighted by Gasteiger charge is 2.18. The standard InChI is InChI=1S/C14H18N4O.ClH/c1-10(19)18-13-5-3-2-4-12(13)17-14(18)16-11-6-8-15-9-7-11;/h2-5,11,15H,6-9H2,1H3,(H,16,17);1H. The van der Waals surface area contributed by atoms with E-state index in [1.54, 1.807) is 11.5 Å². The van der Waals surface area contributed by atoms with Crippen LogP contribution in [-0.2, 0) is 0 Å². The molecule has 3 rings (SSSR count). The minimum atomic E-state index is -0.00913. The van der Waals surface area contributed by atoms with Crippen molar-refractivity contribution in [1.82, 2.24) is 14.9 Å². The van der Waals surface area contributed by atoms with Crippen molar-refractivity contribution in [1.29, 1.82) is 0 Å². The van der Waals surface area contributed by atoms with Gasteiger partial charge in [0.05, 0.1) is 11.0 Å². The first kappa shape index (κ1) is 14.8. The summed E-state index contributed by atoms with van der Waals surface area (Å²) >= 11 is 0. The Balaban J connectivity index is 0.00000147. The van der Waals surface area contributed by atoms with Crippen LogP contribution in [0.2, 0.25) is 0 Å². The number of benzene rings is 1. The first-order valence-electron chi connectivity index (χ1n) is 6.71. The second kappa shape index (κ2) is 6.24. The van der Waals surface area contributed by atoms with Crippen LogP contribution in [0.15, 0.2) is 24.3 Å². The summed E-state index contributed by atoms with van der Waals surface area (Å²) in [5.41, 5.74) is 1.72. The summed E-state index contributed by atoms with van der Waals surface area (Å²) < 4.78 is 1.66. The minimum Gasteiger partial charge on any atom is -0.352 e. The predicted molar refractivity (Wildman–Crippen MR) is 82.8 cm³/mol. The molecule has 0 bridgehead atoms. The van der Waals surface area contributed by atoms with E-state index in [2.05, 4.69) is 15.6 Å². The van der Waals surface area contributed by atoms with Gasteiger partial charge in [0, 0.05) is 13.0 Å². The normalized spacial score (nSPS) is 15.8. The van der Waals surface area contributed by atoms with Crippen molar-refractivity contribution in [2.24, 2.45) is 0 Å². The van der Waals surface area contributed by atoms with Gasteiger partial charge in [-0.3, -0.25) is 4.79 Å². The van der Waals surface area contributed by atoms with Gasteiger partial charge in [0.25, 0.3) is 0 Å². The Kier molecular flexibility index (Phi) is 4.62. The zero-order valence-corrected chi connectivity index (χ0v) is 12.2. The molecule has 2 aromatic rings. The van der Waals surface area contributed by atoms with Crippen molar-refractivity contribution >= 4 is 35.3 Å². The fourth-order valence-corrected chi connectivity index (χ4v) is 2.59. The lowest BCUT2D eigenvalue weighted by Gasteiger charge is -2.24. The molecule has 0 amide bonds. The number of aromatic nitrogens is 2. The highest BCUT2D eigenvalue weighted by Crippen LogP contribution is 2.21. The van der Waals surface area contributed by atoms with E-state index in [0.717, 1.165) is 37.0 Å². The number of carbonyl (C=O) groups is 1. The van der Waals surface area contributed by atoms with Gasteiger partial charge in [-0.25, -0.2) is 9.55 Å². The Bertz CT molecular complexity index is 604. The van der Waals surface area contributed by atoms with Gasteiger partial charge < -0.3 is 10.6 Å². The topological polar surface area (TPSA) is 59.0 Å². The fraction of sp³-hybridized carbons (Fsp3) is 0.429. The zero-order valence-electron chi connectivity index (χ0n) is 11.4. The number of hydrogen-bond donors (Lipinski definition) is 2. The Labute approximate surface area is 124 Å². The van der Waals surface area contributed by atoms with E-state index in [1.165, 1.54) is 0 Å². The van der Waals surface area contributed by atoms with E-state index < -0.39 is 0 Å². The molecule has 2 N–H and O–H groups in total. The Morgan fingerprint density at radius 2 is 2.05 bits per heavy atom. The summed E-state index contributed by atoms with van der Waals surface area (Å²) in [4.78, 5) is 16.4. The van der Waals surface area contributed by atoms with Crippen LogP contribution in [0.3, 0.4) is 0 Å². The van der Waals surface area contributed by atoms with E-state index >= 15 is 0 Å². The lowest BCUT2D eigenvalue weighted by atomic mass is 10.1. The Hall–Kier alpha value is -1.59. The highest BCUT2D eigenvalue weighted by atomic mass is 35.5. The number of carbonyl (C=O) groups excluding carboxylic acids is 1. The molecule has 0 spiro atoms. The summed E-state index contributed by atoms with van der Waals surface area (Å²) in [6.07, 6.45) is 2.11. The number of para-hydroxylation sites is 2. The fourth-order valence-electron chi connectivity index (χ4n) is 2.59. The number of piperidine rings is 1. The smallest absolute Gasteiger partial charge is 0.230 e. The largest absolute Gasteiger partial charge is 0.352 e. The zero-order chi connectivity index (χ0) is 13.2. The molecule has 108 valence electrons. The van der Waals surface area contributed by atoms with Gasteiger partial charge in [-0.2, -0.15) is 0 Å². The molecule has 1 aromatic heterocycles. The quantitative estimate of drug-likeness (QED) is 0.892. The van der Waals surface area contributed by atoms with E-state index in [0.29, 0.717) is 12.0 Å². The second-order valence-electron chi connectivity index (χ2n) is 4.95. The van der Waals surface area contributed by atoms with Crippen molar-refractivity contribution in [3.8, 4) is 0 Å². The van der Waals surface area contributed by atoms with Gasteiger partial charge in [-0.15, -0.1) is 12.4 Å². The number of nitrogens with one attached hydrogen (secondary N) is 2. The average molecular weight is 295 g/mol. The molecule has 1 aliphatic rings. The van der Waals surface area contributed by atoms with Crippen LogP contribution in [0.1, 0.15) is 24.6 Å². The van der Waals surface area contributed by atoms with Crippen LogP contribution in [-0.4, -0.2) is 34.6 Å². The van der Waals surface area contributed by atoms with Crippen molar-refractivity contribution in [3.63, 3.8) is 0 Å². The number of imidazole rings is 1. The van der Waals surface area contributed by atoms with Crippen LogP contribution < -0.4 is 10.6 Å². The van der Waals surface area contributed by atoms with Crippen molar-refractivity contribution in [2.45, 2.75) is 25.8 Å². The van der Waals surface area contributed by atoms with Gasteiger partial charge in [0.2, 0.25) is 11.9 Å². The summed E-state index contributed by atoms with van der Waals surface area (Å²) in [5, 5.41) is 6.74. The number of fused-ring (bicyclic) bond motifs is 1. The third kappa shape index (κ3) is 2.78. The van der Waals surface area contributed by atoms with Crippen LogP contribution in [0.25, 0.3) is 11.0 Å². The average Bonchev–Trinajstić information content (AvgIpc) is 2.77. The maximum absolute atomic E-state index is 11.9. The summed E-state index contributed by atoms with van der Waals surface area (Å²) in [5.74, 6) is 0.658. The lowest BCUT2D eigenvalue weighted by Crippen LogP contribution is -2.36. The molecule has 0 radical (unpaired) electrons. The molecular formula is C14H19ClN4O. The molecule has 0 atom stereocenters. The molecule has 20 heavy (non-hydrogen) atoms. The molecule has 0 unspecified atom stereocenters. The van der Waals surface area contributed by atoms with Crippen molar-refractivity contribution in [2.75, 3.05) is 18.4 Å². The predicted octanol–water partition coefficient (Wildman–Crippen LogP) is 2.28. The monoisotopic (exact) mass is 294 g/mol. The van der Waals surface area contributed by atoms with Gasteiger partial charge in [0.1, 0.15) is 0 Å². The maximum Gasteiger partial charge on any atom is 0.230 e. The molecule has 2 heterocycles. The van der Waals surface area contributed by atoms with Gasteiger partial charge >= 0.3 is 0 Å². The third-order valence-corrected chi connectivity index (χ3v) is 3.55. The number of hydrogen-bond acceptors (Lipinski definition) is 4. The summed E-state index contributed by atoms with van der Waals surface area (Å²) in [7, 11) is 0. The van der Waals surface area contributed by atoms with Gasteiger partial charge in [-0.1, -0.05) is 12.1 Å².